The van der Waals surface area contributed by atoms with Gasteiger partial charge in [0.1, 0.15) is 5.82 Å². The van der Waals surface area contributed by atoms with Gasteiger partial charge in [-0.1, -0.05) is 12.1 Å². The standard InChI is InChI=1S/C20H17F3N6O/c1-12-14(10-25-29(12)18-8-7-13(9-24-18)20(21,22)23)19(30)28(2)11-17-26-15-5-3-4-6-16(15)27-17/h3-10H,11H2,1-2H3,(H,26,27). The fourth-order valence-corrected chi connectivity index (χ4v) is 3.11. The second kappa shape index (κ2) is 7.29. The van der Waals surface area contributed by atoms with Gasteiger partial charge in [-0.2, -0.15) is 18.3 Å². The quantitative estimate of drug-likeness (QED) is 0.552. The summed E-state index contributed by atoms with van der Waals surface area (Å²) in [5, 5.41) is 4.13. The molecule has 1 N–H and O–H groups in total. The third-order valence-corrected chi connectivity index (χ3v) is 4.70. The number of nitrogens with zero attached hydrogens (tertiary/aromatic N) is 5. The summed E-state index contributed by atoms with van der Waals surface area (Å²) in [6, 6.07) is 9.70. The number of para-hydroxylation sites is 2. The molecule has 0 saturated heterocycles. The predicted octanol–water partition coefficient (Wildman–Crippen LogP) is 3.74. The molecule has 0 aliphatic heterocycles. The number of carbonyl (C=O) groups excluding carboxylic acids is 1. The maximum atomic E-state index is 12.9. The van der Waals surface area contributed by atoms with Gasteiger partial charge in [0.05, 0.1) is 40.6 Å². The molecule has 0 unspecified atom stereocenters. The Hall–Kier alpha value is -3.69. The minimum Gasteiger partial charge on any atom is -0.340 e. The van der Waals surface area contributed by atoms with Crippen molar-refractivity contribution in [3.05, 3.63) is 71.4 Å². The molecule has 0 atom stereocenters. The van der Waals surface area contributed by atoms with Crippen LogP contribution in [-0.4, -0.2) is 42.6 Å². The highest BCUT2D eigenvalue weighted by Crippen LogP contribution is 2.29. The van der Waals surface area contributed by atoms with Crippen LogP contribution in [0.15, 0.2) is 48.8 Å². The predicted molar refractivity (Wildman–Crippen MR) is 103 cm³/mol. The number of fused-ring (bicyclic) bond motifs is 1. The van der Waals surface area contributed by atoms with Crippen LogP contribution in [0.3, 0.4) is 0 Å². The minimum absolute atomic E-state index is 0.194. The Morgan fingerprint density at radius 3 is 2.60 bits per heavy atom. The zero-order valence-corrected chi connectivity index (χ0v) is 16.1. The van der Waals surface area contributed by atoms with E-state index in [-0.39, 0.29) is 18.3 Å². The first-order valence-electron chi connectivity index (χ1n) is 9.01. The molecule has 4 aromatic rings. The zero-order valence-electron chi connectivity index (χ0n) is 16.1. The first-order chi connectivity index (χ1) is 14.2. The third kappa shape index (κ3) is 3.63. The SMILES string of the molecule is Cc1c(C(=O)N(C)Cc2nc3ccccc3[nH]2)cnn1-c1ccc(C(F)(F)F)cn1. The van der Waals surface area contributed by atoms with Gasteiger partial charge in [-0.25, -0.2) is 14.6 Å². The fraction of sp³-hybridized carbons (Fsp3) is 0.200. The molecular formula is C20H17F3N6O. The highest BCUT2D eigenvalue weighted by atomic mass is 19.4. The second-order valence-electron chi connectivity index (χ2n) is 6.82. The largest absolute Gasteiger partial charge is 0.417 e. The highest BCUT2D eigenvalue weighted by molar-refractivity contribution is 5.95. The van der Waals surface area contributed by atoms with E-state index >= 15 is 0 Å². The lowest BCUT2D eigenvalue weighted by Crippen LogP contribution is -2.27. The number of carbonyl (C=O) groups is 1. The lowest BCUT2D eigenvalue weighted by Gasteiger charge is -2.15. The lowest BCUT2D eigenvalue weighted by molar-refractivity contribution is -0.137. The van der Waals surface area contributed by atoms with Crippen molar-refractivity contribution in [3.63, 3.8) is 0 Å². The number of hydrogen-bond donors (Lipinski definition) is 1. The van der Waals surface area contributed by atoms with Crippen molar-refractivity contribution in [2.24, 2.45) is 0 Å². The van der Waals surface area contributed by atoms with E-state index in [1.807, 2.05) is 24.3 Å². The average Bonchev–Trinajstić information content (AvgIpc) is 3.29. The molecule has 4 rings (SSSR count). The Bertz CT molecular complexity index is 1180. The molecular weight excluding hydrogens is 397 g/mol. The molecule has 7 nitrogen and oxygen atoms in total. The van der Waals surface area contributed by atoms with E-state index in [9.17, 15) is 18.0 Å². The number of hydrogen-bond acceptors (Lipinski definition) is 4. The number of benzene rings is 1. The fourth-order valence-electron chi connectivity index (χ4n) is 3.11. The summed E-state index contributed by atoms with van der Waals surface area (Å²) in [5.74, 6) is 0.548. The summed E-state index contributed by atoms with van der Waals surface area (Å²) in [7, 11) is 1.64. The van der Waals surface area contributed by atoms with Crippen LogP contribution >= 0.6 is 0 Å². The summed E-state index contributed by atoms with van der Waals surface area (Å²) in [6.45, 7) is 1.92. The second-order valence-corrected chi connectivity index (χ2v) is 6.82. The number of amides is 1. The van der Waals surface area contributed by atoms with Gasteiger partial charge in [-0.15, -0.1) is 0 Å². The Morgan fingerprint density at radius 2 is 1.93 bits per heavy atom. The number of aromatic nitrogens is 5. The van der Waals surface area contributed by atoms with E-state index in [4.69, 9.17) is 0 Å². The molecule has 0 radical (unpaired) electrons. The Balaban J connectivity index is 1.54. The number of alkyl halides is 3. The molecule has 30 heavy (non-hydrogen) atoms. The molecule has 0 aliphatic carbocycles. The van der Waals surface area contributed by atoms with Crippen molar-refractivity contribution in [1.82, 2.24) is 29.6 Å². The molecule has 0 saturated carbocycles. The van der Waals surface area contributed by atoms with Crippen molar-refractivity contribution >= 4 is 16.9 Å². The van der Waals surface area contributed by atoms with Gasteiger partial charge in [-0.05, 0) is 31.2 Å². The molecule has 154 valence electrons. The van der Waals surface area contributed by atoms with Gasteiger partial charge >= 0.3 is 6.18 Å². The molecule has 3 aromatic heterocycles. The van der Waals surface area contributed by atoms with Gasteiger partial charge in [0.15, 0.2) is 5.82 Å². The van der Waals surface area contributed by atoms with E-state index in [1.54, 1.807) is 14.0 Å². The maximum Gasteiger partial charge on any atom is 0.417 e. The summed E-state index contributed by atoms with van der Waals surface area (Å²) in [4.78, 5) is 25.8. The normalized spacial score (nSPS) is 11.8. The molecule has 0 spiro atoms. The van der Waals surface area contributed by atoms with Crippen LogP contribution < -0.4 is 0 Å². The molecule has 1 amide bonds. The first-order valence-corrected chi connectivity index (χ1v) is 9.01. The number of pyridine rings is 1. The van der Waals surface area contributed by atoms with Crippen LogP contribution in [0.4, 0.5) is 13.2 Å². The van der Waals surface area contributed by atoms with Crippen molar-refractivity contribution < 1.29 is 18.0 Å². The van der Waals surface area contributed by atoms with E-state index < -0.39 is 11.7 Å². The Morgan fingerprint density at radius 1 is 1.17 bits per heavy atom. The van der Waals surface area contributed by atoms with Crippen molar-refractivity contribution in [2.45, 2.75) is 19.6 Å². The smallest absolute Gasteiger partial charge is 0.340 e. The molecule has 0 aliphatic rings. The van der Waals surface area contributed by atoms with Crippen molar-refractivity contribution in [3.8, 4) is 5.82 Å². The topological polar surface area (TPSA) is 79.7 Å². The summed E-state index contributed by atoms with van der Waals surface area (Å²) in [6.07, 6.45) is -2.34. The van der Waals surface area contributed by atoms with Crippen molar-refractivity contribution in [1.29, 1.82) is 0 Å². The molecule has 0 bridgehead atoms. The Kier molecular flexibility index (Phi) is 4.76. The minimum atomic E-state index is -4.47. The molecule has 1 aromatic carbocycles. The number of rotatable bonds is 4. The lowest BCUT2D eigenvalue weighted by atomic mass is 10.2. The van der Waals surface area contributed by atoms with Crippen LogP contribution in [0.1, 0.15) is 27.4 Å². The number of nitrogens with one attached hydrogen (secondary N) is 1. The number of imidazole rings is 1. The van der Waals surface area contributed by atoms with Gasteiger partial charge < -0.3 is 9.88 Å². The van der Waals surface area contributed by atoms with Crippen LogP contribution in [0.5, 0.6) is 0 Å². The molecule has 3 heterocycles. The van der Waals surface area contributed by atoms with Crippen molar-refractivity contribution in [2.75, 3.05) is 7.05 Å². The van der Waals surface area contributed by atoms with Gasteiger partial charge in [0, 0.05) is 13.2 Å². The van der Waals surface area contributed by atoms with E-state index in [2.05, 4.69) is 20.1 Å². The number of H-pyrrole nitrogens is 1. The van der Waals surface area contributed by atoms with Gasteiger partial charge in [0.25, 0.3) is 5.91 Å². The zero-order chi connectivity index (χ0) is 21.5. The summed E-state index contributed by atoms with van der Waals surface area (Å²) in [5.41, 5.74) is 1.65. The van der Waals surface area contributed by atoms with E-state index in [1.165, 1.54) is 21.8 Å². The van der Waals surface area contributed by atoms with Crippen LogP contribution in [0.25, 0.3) is 16.9 Å². The molecule has 0 fully saturated rings. The average molecular weight is 414 g/mol. The Labute approximate surface area is 169 Å². The first kappa shape index (κ1) is 19.6. The maximum absolute atomic E-state index is 12.9. The van der Waals surface area contributed by atoms with Gasteiger partial charge in [0.2, 0.25) is 0 Å². The molecule has 10 heteroatoms. The van der Waals surface area contributed by atoms with Crippen LogP contribution in [-0.2, 0) is 12.7 Å². The third-order valence-electron chi connectivity index (χ3n) is 4.70. The highest BCUT2D eigenvalue weighted by Gasteiger charge is 2.31. The van der Waals surface area contributed by atoms with Crippen LogP contribution in [0.2, 0.25) is 0 Å². The van der Waals surface area contributed by atoms with Crippen LogP contribution in [0, 0.1) is 6.92 Å². The number of halogens is 3. The van der Waals surface area contributed by atoms with Gasteiger partial charge in [-0.3, -0.25) is 4.79 Å². The van der Waals surface area contributed by atoms with E-state index in [0.29, 0.717) is 17.1 Å². The number of aromatic amines is 1. The summed E-state index contributed by atoms with van der Waals surface area (Å²) >= 11 is 0. The monoisotopic (exact) mass is 414 g/mol. The summed E-state index contributed by atoms with van der Waals surface area (Å²) < 4.78 is 39.5. The van der Waals surface area contributed by atoms with E-state index in [0.717, 1.165) is 23.3 Å².